The number of hydrogen-bond acceptors (Lipinski definition) is 2. The van der Waals surface area contributed by atoms with Gasteiger partial charge in [0.05, 0.1) is 6.54 Å². The van der Waals surface area contributed by atoms with Crippen molar-refractivity contribution >= 4 is 11.6 Å². The van der Waals surface area contributed by atoms with E-state index in [2.05, 4.69) is 17.2 Å². The molecule has 0 aliphatic rings. The van der Waals surface area contributed by atoms with Crippen LogP contribution in [0.4, 0.5) is 5.69 Å². The molecule has 0 aromatic heterocycles. The Morgan fingerprint density at radius 3 is 2.58 bits per heavy atom. The van der Waals surface area contributed by atoms with E-state index in [-0.39, 0.29) is 11.8 Å². The molecule has 3 heteroatoms. The molecule has 0 heterocycles. The second-order valence-corrected chi connectivity index (χ2v) is 5.12. The maximum atomic E-state index is 12.0. The van der Waals surface area contributed by atoms with E-state index in [0.29, 0.717) is 12.5 Å². The molecule has 1 rings (SSSR count). The van der Waals surface area contributed by atoms with E-state index in [1.165, 1.54) is 0 Å². The van der Waals surface area contributed by atoms with Gasteiger partial charge in [0.15, 0.2) is 0 Å². The molecular weight excluding hydrogens is 236 g/mol. The second kappa shape index (κ2) is 6.96. The lowest BCUT2D eigenvalue weighted by Crippen LogP contribution is -2.24. The van der Waals surface area contributed by atoms with E-state index in [1.54, 1.807) is 0 Å². The highest BCUT2D eigenvalue weighted by atomic mass is 16.1. The first-order valence-corrected chi connectivity index (χ1v) is 6.55. The normalized spacial score (nSPS) is 11.7. The number of benzene rings is 1. The van der Waals surface area contributed by atoms with Crippen molar-refractivity contribution in [3.05, 3.63) is 29.3 Å². The standard InChI is InChI=1S/C16H22N2O/c1-11(2)13(4)16(19)18-15-9-12(3)8-14(10-15)6-5-7-17/h8-11,13H,7,17H2,1-4H3,(H,18,19). The number of nitrogens with two attached hydrogens (primary N) is 1. The number of rotatable bonds is 3. The number of carbonyl (C=O) groups excluding carboxylic acids is 1. The van der Waals surface area contributed by atoms with Crippen molar-refractivity contribution < 1.29 is 4.79 Å². The molecule has 0 bridgehead atoms. The number of anilines is 1. The average molecular weight is 258 g/mol. The number of hydrogen-bond donors (Lipinski definition) is 2. The van der Waals surface area contributed by atoms with Crippen LogP contribution in [0.15, 0.2) is 18.2 Å². The van der Waals surface area contributed by atoms with Crippen molar-refractivity contribution in [3.8, 4) is 11.8 Å². The first-order valence-electron chi connectivity index (χ1n) is 6.55. The number of amides is 1. The lowest BCUT2D eigenvalue weighted by molar-refractivity contribution is -0.120. The first kappa shape index (κ1) is 15.3. The third kappa shape index (κ3) is 4.76. The van der Waals surface area contributed by atoms with Crippen molar-refractivity contribution in [2.45, 2.75) is 27.7 Å². The van der Waals surface area contributed by atoms with E-state index in [4.69, 9.17) is 5.73 Å². The fraction of sp³-hybridized carbons (Fsp3) is 0.438. The van der Waals surface area contributed by atoms with Crippen LogP contribution in [0.3, 0.4) is 0 Å². The highest BCUT2D eigenvalue weighted by Crippen LogP contribution is 2.17. The number of aryl methyl sites for hydroxylation is 1. The van der Waals surface area contributed by atoms with Crippen LogP contribution < -0.4 is 11.1 Å². The first-order chi connectivity index (χ1) is 8.93. The summed E-state index contributed by atoms with van der Waals surface area (Å²) in [6.45, 7) is 8.33. The Hall–Kier alpha value is -1.79. The van der Waals surface area contributed by atoms with E-state index < -0.39 is 0 Å². The SMILES string of the molecule is Cc1cc(C#CCN)cc(NC(=O)C(C)C(C)C)c1. The molecule has 0 fully saturated rings. The zero-order valence-corrected chi connectivity index (χ0v) is 12.1. The van der Waals surface area contributed by atoms with Crippen molar-refractivity contribution in [2.24, 2.45) is 17.6 Å². The van der Waals surface area contributed by atoms with Gasteiger partial charge in [0.25, 0.3) is 0 Å². The Labute approximate surface area is 115 Å². The van der Waals surface area contributed by atoms with Gasteiger partial charge in [0.2, 0.25) is 5.91 Å². The molecule has 0 spiro atoms. The predicted molar refractivity (Wildman–Crippen MR) is 79.7 cm³/mol. The number of carbonyl (C=O) groups is 1. The van der Waals surface area contributed by atoms with Crippen LogP contribution in [0.5, 0.6) is 0 Å². The average Bonchev–Trinajstić information content (AvgIpc) is 2.34. The van der Waals surface area contributed by atoms with Gasteiger partial charge < -0.3 is 11.1 Å². The van der Waals surface area contributed by atoms with Gasteiger partial charge >= 0.3 is 0 Å². The van der Waals surface area contributed by atoms with Crippen molar-refractivity contribution in [1.82, 2.24) is 0 Å². The van der Waals surface area contributed by atoms with Gasteiger partial charge in [-0.3, -0.25) is 4.79 Å². The summed E-state index contributed by atoms with van der Waals surface area (Å²) in [5.41, 5.74) is 8.09. The van der Waals surface area contributed by atoms with Crippen LogP contribution in [0.2, 0.25) is 0 Å². The minimum absolute atomic E-state index is 0.0147. The van der Waals surface area contributed by atoms with Gasteiger partial charge in [0, 0.05) is 17.2 Å². The quantitative estimate of drug-likeness (QED) is 0.819. The molecule has 1 unspecified atom stereocenters. The smallest absolute Gasteiger partial charge is 0.227 e. The van der Waals surface area contributed by atoms with Crippen molar-refractivity contribution in [2.75, 3.05) is 11.9 Å². The van der Waals surface area contributed by atoms with Crippen LogP contribution >= 0.6 is 0 Å². The number of nitrogens with one attached hydrogen (secondary N) is 1. The molecule has 3 N–H and O–H groups in total. The molecule has 0 saturated heterocycles. The summed E-state index contributed by atoms with van der Waals surface area (Å²) in [4.78, 5) is 12.0. The third-order valence-electron chi connectivity index (χ3n) is 3.09. The van der Waals surface area contributed by atoms with Gasteiger partial charge in [-0.05, 0) is 36.6 Å². The minimum Gasteiger partial charge on any atom is -0.326 e. The van der Waals surface area contributed by atoms with Crippen molar-refractivity contribution in [1.29, 1.82) is 0 Å². The van der Waals surface area contributed by atoms with Crippen LogP contribution in [0.25, 0.3) is 0 Å². The summed E-state index contributed by atoms with van der Waals surface area (Å²) in [5.74, 6) is 6.15. The molecule has 0 saturated carbocycles. The van der Waals surface area contributed by atoms with E-state index >= 15 is 0 Å². The second-order valence-electron chi connectivity index (χ2n) is 5.12. The molecule has 1 aromatic carbocycles. The maximum absolute atomic E-state index is 12.0. The van der Waals surface area contributed by atoms with Gasteiger partial charge in [-0.1, -0.05) is 32.6 Å². The molecule has 0 aliphatic heterocycles. The fourth-order valence-corrected chi connectivity index (χ4v) is 1.64. The van der Waals surface area contributed by atoms with Crippen LogP contribution in [0, 0.1) is 30.6 Å². The van der Waals surface area contributed by atoms with Gasteiger partial charge in [-0.15, -0.1) is 0 Å². The van der Waals surface area contributed by atoms with E-state index in [0.717, 1.165) is 16.8 Å². The van der Waals surface area contributed by atoms with Gasteiger partial charge in [-0.25, -0.2) is 0 Å². The third-order valence-corrected chi connectivity index (χ3v) is 3.09. The Bertz CT molecular complexity index is 509. The van der Waals surface area contributed by atoms with Crippen molar-refractivity contribution in [3.63, 3.8) is 0 Å². The minimum atomic E-state index is -0.0147. The molecule has 1 amide bonds. The summed E-state index contributed by atoms with van der Waals surface area (Å²) in [6.07, 6.45) is 0. The Morgan fingerprint density at radius 1 is 1.32 bits per heavy atom. The summed E-state index contributed by atoms with van der Waals surface area (Å²) in [6, 6.07) is 5.80. The topological polar surface area (TPSA) is 55.1 Å². The zero-order chi connectivity index (χ0) is 14.4. The largest absolute Gasteiger partial charge is 0.326 e. The Morgan fingerprint density at radius 2 is 2.00 bits per heavy atom. The monoisotopic (exact) mass is 258 g/mol. The van der Waals surface area contributed by atoms with Gasteiger partial charge in [-0.2, -0.15) is 0 Å². The predicted octanol–water partition coefficient (Wildman–Crippen LogP) is 2.54. The summed E-state index contributed by atoms with van der Waals surface area (Å²) in [5, 5.41) is 2.94. The lowest BCUT2D eigenvalue weighted by atomic mass is 9.97. The van der Waals surface area contributed by atoms with Crippen LogP contribution in [-0.4, -0.2) is 12.5 Å². The van der Waals surface area contributed by atoms with E-state index in [1.807, 2.05) is 45.9 Å². The molecule has 0 aliphatic carbocycles. The molecular formula is C16H22N2O. The summed E-state index contributed by atoms with van der Waals surface area (Å²) < 4.78 is 0. The molecule has 0 radical (unpaired) electrons. The molecule has 1 aromatic rings. The fourth-order valence-electron chi connectivity index (χ4n) is 1.64. The molecule has 19 heavy (non-hydrogen) atoms. The molecule has 102 valence electrons. The highest BCUT2D eigenvalue weighted by molar-refractivity contribution is 5.92. The van der Waals surface area contributed by atoms with Crippen LogP contribution in [0.1, 0.15) is 31.9 Å². The zero-order valence-electron chi connectivity index (χ0n) is 12.1. The van der Waals surface area contributed by atoms with E-state index in [9.17, 15) is 4.79 Å². The highest BCUT2D eigenvalue weighted by Gasteiger charge is 2.16. The lowest BCUT2D eigenvalue weighted by Gasteiger charge is -2.15. The Balaban J connectivity index is 2.90. The van der Waals surface area contributed by atoms with Gasteiger partial charge in [0.1, 0.15) is 0 Å². The Kier molecular flexibility index (Phi) is 5.59. The summed E-state index contributed by atoms with van der Waals surface area (Å²) in [7, 11) is 0. The molecule has 1 atom stereocenters. The van der Waals surface area contributed by atoms with Crippen LogP contribution in [-0.2, 0) is 4.79 Å². The summed E-state index contributed by atoms with van der Waals surface area (Å²) >= 11 is 0. The molecule has 3 nitrogen and oxygen atoms in total. The maximum Gasteiger partial charge on any atom is 0.227 e.